The minimum Gasteiger partial charge on any atom is -0.308 e. The molecular formula is C16H25N3S. The smallest absolute Gasteiger partial charge is 0.0625 e. The van der Waals surface area contributed by atoms with Crippen LogP contribution in [0.25, 0.3) is 0 Å². The first-order chi connectivity index (χ1) is 9.62. The highest BCUT2D eigenvalue weighted by Gasteiger charge is 2.09. The average Bonchev–Trinajstić information content (AvgIpc) is 3.02. The third-order valence-electron chi connectivity index (χ3n) is 3.51. The van der Waals surface area contributed by atoms with Crippen molar-refractivity contribution in [3.05, 3.63) is 39.3 Å². The monoisotopic (exact) mass is 291 g/mol. The van der Waals surface area contributed by atoms with Crippen LogP contribution in [0, 0.1) is 6.92 Å². The van der Waals surface area contributed by atoms with Gasteiger partial charge in [0, 0.05) is 28.9 Å². The highest BCUT2D eigenvalue weighted by molar-refractivity contribution is 7.11. The molecule has 0 aliphatic rings. The summed E-state index contributed by atoms with van der Waals surface area (Å²) in [6.45, 7) is 10.6. The fourth-order valence-corrected chi connectivity index (χ4v) is 3.37. The van der Waals surface area contributed by atoms with E-state index in [2.05, 4.69) is 61.0 Å². The number of thiophene rings is 1. The SMILES string of the molecule is CCc1cc(CNC(C)Cc2ccc(C)s2)n(CC)n1. The number of nitrogens with zero attached hydrogens (tertiary/aromatic N) is 2. The Morgan fingerprint density at radius 1 is 1.35 bits per heavy atom. The summed E-state index contributed by atoms with van der Waals surface area (Å²) in [6, 6.07) is 7.15. The summed E-state index contributed by atoms with van der Waals surface area (Å²) in [4.78, 5) is 2.85. The van der Waals surface area contributed by atoms with Gasteiger partial charge in [-0.05, 0) is 51.8 Å². The van der Waals surface area contributed by atoms with Crippen molar-refractivity contribution in [3.63, 3.8) is 0 Å². The molecule has 4 heteroatoms. The van der Waals surface area contributed by atoms with E-state index in [4.69, 9.17) is 0 Å². The second-order valence-corrected chi connectivity index (χ2v) is 6.67. The number of aromatic nitrogens is 2. The van der Waals surface area contributed by atoms with Crippen molar-refractivity contribution in [1.29, 1.82) is 0 Å². The Bertz CT molecular complexity index is 542. The predicted octanol–water partition coefficient (Wildman–Crippen LogP) is 3.56. The van der Waals surface area contributed by atoms with E-state index in [0.717, 1.165) is 25.9 Å². The van der Waals surface area contributed by atoms with Crippen molar-refractivity contribution in [1.82, 2.24) is 15.1 Å². The Labute approximate surface area is 126 Å². The number of nitrogens with one attached hydrogen (secondary N) is 1. The maximum atomic E-state index is 4.59. The number of hydrogen-bond donors (Lipinski definition) is 1. The Morgan fingerprint density at radius 2 is 2.15 bits per heavy atom. The van der Waals surface area contributed by atoms with Gasteiger partial charge in [-0.25, -0.2) is 0 Å². The van der Waals surface area contributed by atoms with E-state index in [9.17, 15) is 0 Å². The van der Waals surface area contributed by atoms with Gasteiger partial charge in [-0.1, -0.05) is 6.92 Å². The Morgan fingerprint density at radius 3 is 2.75 bits per heavy atom. The molecule has 3 nitrogen and oxygen atoms in total. The van der Waals surface area contributed by atoms with Gasteiger partial charge in [-0.2, -0.15) is 5.10 Å². The van der Waals surface area contributed by atoms with Crippen molar-refractivity contribution in [3.8, 4) is 0 Å². The second-order valence-electron chi connectivity index (χ2n) is 5.29. The first-order valence-electron chi connectivity index (χ1n) is 7.46. The number of rotatable bonds is 7. The van der Waals surface area contributed by atoms with Crippen LogP contribution in [0.2, 0.25) is 0 Å². The van der Waals surface area contributed by atoms with Crippen LogP contribution in [-0.4, -0.2) is 15.8 Å². The third kappa shape index (κ3) is 3.93. The van der Waals surface area contributed by atoms with Crippen molar-refractivity contribution in [2.75, 3.05) is 0 Å². The van der Waals surface area contributed by atoms with Gasteiger partial charge in [-0.3, -0.25) is 4.68 Å². The molecule has 1 N–H and O–H groups in total. The first-order valence-corrected chi connectivity index (χ1v) is 8.28. The number of hydrogen-bond acceptors (Lipinski definition) is 3. The molecule has 0 saturated heterocycles. The highest BCUT2D eigenvalue weighted by Crippen LogP contribution is 2.17. The predicted molar refractivity (Wildman–Crippen MR) is 86.3 cm³/mol. The van der Waals surface area contributed by atoms with Gasteiger partial charge in [0.15, 0.2) is 0 Å². The minimum atomic E-state index is 0.485. The van der Waals surface area contributed by atoms with Crippen LogP contribution in [-0.2, 0) is 25.9 Å². The molecule has 2 aromatic heterocycles. The van der Waals surface area contributed by atoms with E-state index in [-0.39, 0.29) is 0 Å². The Kier molecular flexibility index (Phi) is 5.38. The zero-order valence-corrected chi connectivity index (χ0v) is 13.8. The zero-order chi connectivity index (χ0) is 14.5. The van der Waals surface area contributed by atoms with Gasteiger partial charge in [0.1, 0.15) is 0 Å². The van der Waals surface area contributed by atoms with Crippen molar-refractivity contribution in [2.45, 2.75) is 59.7 Å². The molecule has 0 amide bonds. The third-order valence-corrected chi connectivity index (χ3v) is 4.53. The van der Waals surface area contributed by atoms with Crippen LogP contribution >= 0.6 is 11.3 Å². The second kappa shape index (κ2) is 7.04. The van der Waals surface area contributed by atoms with E-state index in [1.54, 1.807) is 0 Å². The highest BCUT2D eigenvalue weighted by atomic mass is 32.1. The molecule has 0 spiro atoms. The summed E-state index contributed by atoms with van der Waals surface area (Å²) in [5.74, 6) is 0. The topological polar surface area (TPSA) is 29.9 Å². The molecule has 2 aromatic rings. The van der Waals surface area contributed by atoms with Gasteiger partial charge in [0.2, 0.25) is 0 Å². The molecule has 0 saturated carbocycles. The minimum absolute atomic E-state index is 0.485. The quantitative estimate of drug-likeness (QED) is 0.845. The first kappa shape index (κ1) is 15.3. The van der Waals surface area contributed by atoms with E-state index in [0.29, 0.717) is 6.04 Å². The van der Waals surface area contributed by atoms with Crippen molar-refractivity contribution < 1.29 is 0 Å². The molecule has 1 atom stereocenters. The molecule has 0 aromatic carbocycles. The van der Waals surface area contributed by atoms with Gasteiger partial charge in [0.05, 0.1) is 11.4 Å². The lowest BCUT2D eigenvalue weighted by atomic mass is 10.2. The van der Waals surface area contributed by atoms with Gasteiger partial charge >= 0.3 is 0 Å². The van der Waals surface area contributed by atoms with E-state index < -0.39 is 0 Å². The molecular weight excluding hydrogens is 266 g/mol. The molecule has 0 radical (unpaired) electrons. The maximum absolute atomic E-state index is 4.59. The summed E-state index contributed by atoms with van der Waals surface area (Å²) >= 11 is 1.90. The Hall–Kier alpha value is -1.13. The fraction of sp³-hybridized carbons (Fsp3) is 0.562. The van der Waals surface area contributed by atoms with E-state index >= 15 is 0 Å². The summed E-state index contributed by atoms with van der Waals surface area (Å²) in [7, 11) is 0. The van der Waals surface area contributed by atoms with Crippen LogP contribution < -0.4 is 5.32 Å². The summed E-state index contributed by atoms with van der Waals surface area (Å²) in [5, 5.41) is 8.21. The van der Waals surface area contributed by atoms with Crippen LogP contribution in [0.5, 0.6) is 0 Å². The van der Waals surface area contributed by atoms with Crippen molar-refractivity contribution >= 4 is 11.3 Å². The number of aryl methyl sites for hydroxylation is 3. The lowest BCUT2D eigenvalue weighted by Crippen LogP contribution is -2.28. The van der Waals surface area contributed by atoms with Crippen LogP contribution in [0.4, 0.5) is 0 Å². The van der Waals surface area contributed by atoms with Crippen LogP contribution in [0.1, 0.15) is 41.9 Å². The molecule has 20 heavy (non-hydrogen) atoms. The van der Waals surface area contributed by atoms with Crippen LogP contribution in [0.3, 0.4) is 0 Å². The molecule has 2 rings (SSSR count). The van der Waals surface area contributed by atoms with E-state index in [1.807, 2.05) is 11.3 Å². The molecule has 2 heterocycles. The summed E-state index contributed by atoms with van der Waals surface area (Å²) < 4.78 is 2.11. The van der Waals surface area contributed by atoms with Gasteiger partial charge in [0.25, 0.3) is 0 Å². The normalized spacial score (nSPS) is 12.8. The molecule has 110 valence electrons. The maximum Gasteiger partial charge on any atom is 0.0625 e. The standard InChI is InChI=1S/C16H25N3S/c1-5-14-10-15(19(6-2)18-14)11-17-12(3)9-16-8-7-13(4)20-16/h7-8,10,12,17H,5-6,9,11H2,1-4H3. The molecule has 0 aliphatic heterocycles. The zero-order valence-electron chi connectivity index (χ0n) is 12.9. The average molecular weight is 291 g/mol. The van der Waals surface area contributed by atoms with Gasteiger partial charge < -0.3 is 5.32 Å². The lowest BCUT2D eigenvalue weighted by Gasteiger charge is -2.13. The summed E-state index contributed by atoms with van der Waals surface area (Å²) in [5.41, 5.74) is 2.48. The largest absolute Gasteiger partial charge is 0.308 e. The fourth-order valence-electron chi connectivity index (χ4n) is 2.35. The molecule has 0 aliphatic carbocycles. The Balaban J connectivity index is 1.89. The van der Waals surface area contributed by atoms with E-state index in [1.165, 1.54) is 21.1 Å². The molecule has 0 bridgehead atoms. The van der Waals surface area contributed by atoms with Crippen LogP contribution in [0.15, 0.2) is 18.2 Å². The van der Waals surface area contributed by atoms with Crippen molar-refractivity contribution in [2.24, 2.45) is 0 Å². The van der Waals surface area contributed by atoms with Gasteiger partial charge in [-0.15, -0.1) is 11.3 Å². The molecule has 1 unspecified atom stereocenters. The lowest BCUT2D eigenvalue weighted by molar-refractivity contribution is 0.515. The summed E-state index contributed by atoms with van der Waals surface area (Å²) in [6.07, 6.45) is 2.10. The molecule has 0 fully saturated rings.